The van der Waals surface area contributed by atoms with E-state index < -0.39 is 5.43 Å². The van der Waals surface area contributed by atoms with Gasteiger partial charge in [0.05, 0.1) is 13.2 Å². The summed E-state index contributed by atoms with van der Waals surface area (Å²) in [5, 5.41) is 7.32. The smallest absolute Gasteiger partial charge is 0.403 e. The van der Waals surface area contributed by atoms with Crippen LogP contribution in [-0.2, 0) is 11.2 Å². The monoisotopic (exact) mass is 301 g/mol. The Bertz CT molecular complexity index is 604. The fourth-order valence-electron chi connectivity index (χ4n) is 2.08. The minimum Gasteiger partial charge on any atom is -0.457 e. The molecule has 108 valence electrons. The predicted octanol–water partition coefficient (Wildman–Crippen LogP) is 4.78. The molecule has 1 aliphatic carbocycles. The fourth-order valence-corrected chi connectivity index (χ4v) is 2.08. The van der Waals surface area contributed by atoms with E-state index in [0.29, 0.717) is 0 Å². The molecule has 0 heterocycles. The van der Waals surface area contributed by atoms with E-state index in [2.05, 4.69) is 64.9 Å². The third-order valence-electron chi connectivity index (χ3n) is 2.87. The van der Waals surface area contributed by atoms with Crippen LogP contribution >= 0.6 is 11.6 Å². The largest absolute Gasteiger partial charge is 0.457 e. The van der Waals surface area contributed by atoms with Crippen LogP contribution in [0.4, 0.5) is 4.79 Å². The quantitative estimate of drug-likeness (QED) is 0.561. The minimum atomic E-state index is -0.773. The number of nitriles is 1. The molecule has 0 fully saturated rings. The number of benzene rings is 2. The molecule has 2 aromatic rings. The van der Waals surface area contributed by atoms with Crippen LogP contribution in [0.25, 0.3) is 11.1 Å². The van der Waals surface area contributed by atoms with Crippen molar-refractivity contribution in [2.24, 2.45) is 0 Å². The second-order valence-electron chi connectivity index (χ2n) is 4.16. The van der Waals surface area contributed by atoms with Crippen LogP contribution in [0, 0.1) is 11.3 Å². The molecule has 1 aliphatic rings. The highest BCUT2D eigenvalue weighted by molar-refractivity contribution is 6.61. The number of fused-ring (bicyclic) bond motifs is 3. The van der Waals surface area contributed by atoms with Gasteiger partial charge in [0.15, 0.2) is 0 Å². The predicted molar refractivity (Wildman–Crippen MR) is 84.2 cm³/mol. The standard InChI is InChI=1S/C13H10.C2H3ClO2.C2H3N/c1-3-7-12-10(5-1)9-11-6-2-4-8-13(11)12;1-5-2(3)4;1-2-3/h1-8H,9H2;1H3;1H3. The molecule has 0 bridgehead atoms. The number of nitrogens with zero attached hydrogens (tertiary/aromatic N) is 1. The number of carbonyl (C=O) groups excluding carboxylic acids is 1. The van der Waals surface area contributed by atoms with Crippen molar-refractivity contribution in [3.63, 3.8) is 0 Å². The van der Waals surface area contributed by atoms with Crippen LogP contribution in [0.15, 0.2) is 48.5 Å². The molecule has 0 radical (unpaired) electrons. The molecule has 0 N–H and O–H groups in total. The molecule has 3 rings (SSSR count). The second-order valence-corrected chi connectivity index (χ2v) is 4.47. The van der Waals surface area contributed by atoms with Crippen LogP contribution in [-0.4, -0.2) is 12.5 Å². The van der Waals surface area contributed by atoms with Crippen LogP contribution in [0.1, 0.15) is 18.1 Å². The van der Waals surface area contributed by atoms with Gasteiger partial charge in [0.25, 0.3) is 0 Å². The molecule has 3 nitrogen and oxygen atoms in total. The molecule has 0 saturated carbocycles. The molecular formula is C17H16ClNO2. The van der Waals surface area contributed by atoms with E-state index in [-0.39, 0.29) is 0 Å². The maximum absolute atomic E-state index is 9.36. The van der Waals surface area contributed by atoms with Gasteiger partial charge in [0.2, 0.25) is 0 Å². The van der Waals surface area contributed by atoms with E-state index in [9.17, 15) is 4.79 Å². The zero-order chi connectivity index (χ0) is 15.7. The zero-order valence-electron chi connectivity index (χ0n) is 12.0. The molecule has 0 spiro atoms. The lowest BCUT2D eigenvalue weighted by atomic mass is 10.1. The number of ether oxygens (including phenoxy) is 1. The molecule has 0 unspecified atom stereocenters. The third-order valence-corrected chi connectivity index (χ3v) is 3.02. The normalized spacial score (nSPS) is 9.62. The number of halogens is 1. The van der Waals surface area contributed by atoms with Gasteiger partial charge in [-0.2, -0.15) is 5.26 Å². The van der Waals surface area contributed by atoms with Gasteiger partial charge in [-0.15, -0.1) is 0 Å². The van der Waals surface area contributed by atoms with Crippen LogP contribution < -0.4 is 0 Å². The molecule has 0 aromatic heterocycles. The van der Waals surface area contributed by atoms with E-state index in [0.717, 1.165) is 6.42 Å². The van der Waals surface area contributed by atoms with Crippen LogP contribution in [0.2, 0.25) is 0 Å². The average molecular weight is 302 g/mol. The first-order chi connectivity index (χ1) is 10.1. The van der Waals surface area contributed by atoms with Crippen molar-refractivity contribution in [3.8, 4) is 17.2 Å². The van der Waals surface area contributed by atoms with Gasteiger partial charge in [-0.25, -0.2) is 4.79 Å². The summed E-state index contributed by atoms with van der Waals surface area (Å²) in [6.07, 6.45) is 1.10. The Hall–Kier alpha value is -2.31. The van der Waals surface area contributed by atoms with Gasteiger partial charge < -0.3 is 4.74 Å². The Balaban J connectivity index is 0.000000235. The molecular weight excluding hydrogens is 286 g/mol. The number of hydrogen-bond donors (Lipinski definition) is 0. The maximum atomic E-state index is 9.36. The van der Waals surface area contributed by atoms with Crippen LogP contribution in [0.3, 0.4) is 0 Å². The molecule has 0 saturated heterocycles. The van der Waals surface area contributed by atoms with Crippen molar-refractivity contribution in [1.82, 2.24) is 0 Å². The summed E-state index contributed by atoms with van der Waals surface area (Å²) in [7, 11) is 1.22. The van der Waals surface area contributed by atoms with Gasteiger partial charge in [-0.1, -0.05) is 48.5 Å². The summed E-state index contributed by atoms with van der Waals surface area (Å²) in [6.45, 7) is 1.43. The van der Waals surface area contributed by atoms with Gasteiger partial charge in [0.1, 0.15) is 0 Å². The van der Waals surface area contributed by atoms with Crippen molar-refractivity contribution in [2.45, 2.75) is 13.3 Å². The van der Waals surface area contributed by atoms with E-state index in [1.807, 2.05) is 0 Å². The SMILES string of the molecule is CC#N.COC(=O)Cl.c1ccc2c(c1)Cc1ccccc1-2. The third kappa shape index (κ3) is 4.94. The van der Waals surface area contributed by atoms with E-state index >= 15 is 0 Å². The summed E-state index contributed by atoms with van der Waals surface area (Å²) < 4.78 is 3.88. The van der Waals surface area contributed by atoms with Crippen molar-refractivity contribution in [3.05, 3.63) is 59.7 Å². The highest BCUT2D eigenvalue weighted by Gasteiger charge is 2.15. The molecule has 0 atom stereocenters. The number of methoxy groups -OCH3 is 1. The van der Waals surface area contributed by atoms with Crippen molar-refractivity contribution in [2.75, 3.05) is 7.11 Å². The summed E-state index contributed by atoms with van der Waals surface area (Å²) in [5.74, 6) is 0. The van der Waals surface area contributed by atoms with Gasteiger partial charge >= 0.3 is 5.43 Å². The topological polar surface area (TPSA) is 50.1 Å². The number of hydrogen-bond acceptors (Lipinski definition) is 3. The lowest BCUT2D eigenvalue weighted by molar-refractivity contribution is 0.198. The molecule has 2 aromatic carbocycles. The fraction of sp³-hybridized carbons (Fsp3) is 0.176. The van der Waals surface area contributed by atoms with Crippen molar-refractivity contribution >= 4 is 17.0 Å². The van der Waals surface area contributed by atoms with E-state index in [1.54, 1.807) is 6.07 Å². The number of rotatable bonds is 0. The lowest BCUT2D eigenvalue weighted by Crippen LogP contribution is -1.80. The second kappa shape index (κ2) is 8.78. The summed E-state index contributed by atoms with van der Waals surface area (Å²) in [6, 6.07) is 19.1. The zero-order valence-corrected chi connectivity index (χ0v) is 12.7. The van der Waals surface area contributed by atoms with Crippen LogP contribution in [0.5, 0.6) is 0 Å². The minimum absolute atomic E-state index is 0.773. The summed E-state index contributed by atoms with van der Waals surface area (Å²) in [4.78, 5) is 9.36. The summed E-state index contributed by atoms with van der Waals surface area (Å²) in [5.41, 5.74) is 4.98. The molecule has 4 heteroatoms. The highest BCUT2D eigenvalue weighted by atomic mass is 35.5. The lowest BCUT2D eigenvalue weighted by Gasteiger charge is -1.98. The van der Waals surface area contributed by atoms with E-state index in [1.165, 1.54) is 36.3 Å². The van der Waals surface area contributed by atoms with Gasteiger partial charge in [-0.05, 0) is 28.7 Å². The van der Waals surface area contributed by atoms with Crippen molar-refractivity contribution < 1.29 is 9.53 Å². The van der Waals surface area contributed by atoms with Crippen molar-refractivity contribution in [1.29, 1.82) is 5.26 Å². The first kappa shape index (κ1) is 16.7. The average Bonchev–Trinajstić information content (AvgIpc) is 2.87. The van der Waals surface area contributed by atoms with E-state index in [4.69, 9.17) is 5.26 Å². The summed E-state index contributed by atoms with van der Waals surface area (Å²) >= 11 is 4.60. The van der Waals surface area contributed by atoms with Gasteiger partial charge in [0, 0.05) is 18.5 Å². The Morgan fingerprint density at radius 3 is 1.76 bits per heavy atom. The first-order valence-corrected chi connectivity index (χ1v) is 6.72. The molecule has 21 heavy (non-hydrogen) atoms. The first-order valence-electron chi connectivity index (χ1n) is 6.34. The molecule has 0 aliphatic heterocycles. The Kier molecular flexibility index (Phi) is 7.00. The highest BCUT2D eigenvalue weighted by Crippen LogP contribution is 2.35. The Morgan fingerprint density at radius 2 is 1.43 bits per heavy atom. The van der Waals surface area contributed by atoms with Gasteiger partial charge in [-0.3, -0.25) is 0 Å². The number of carbonyl (C=O) groups is 1. The maximum Gasteiger partial charge on any atom is 0.403 e. The Labute approximate surface area is 129 Å². The molecule has 0 amide bonds. The Morgan fingerprint density at radius 1 is 1.10 bits per heavy atom.